The van der Waals surface area contributed by atoms with E-state index in [2.05, 4.69) is 36.5 Å². The Hall–Kier alpha value is -1.00. The summed E-state index contributed by atoms with van der Waals surface area (Å²) in [4.78, 5) is 12.8. The van der Waals surface area contributed by atoms with Crippen molar-refractivity contribution in [3.63, 3.8) is 0 Å². The molecule has 0 saturated heterocycles. The number of carbonyl (C=O) groups is 1. The van der Waals surface area contributed by atoms with Crippen LogP contribution in [0, 0.1) is 6.92 Å². The number of benzene rings is 1. The van der Waals surface area contributed by atoms with Crippen molar-refractivity contribution in [3.8, 4) is 0 Å². The SMILES string of the molecule is COCC(C)NC(=O)CCSc1ccc(C)cc1. The summed E-state index contributed by atoms with van der Waals surface area (Å²) < 4.78 is 4.97. The molecule has 0 bridgehead atoms. The van der Waals surface area contributed by atoms with Crippen LogP contribution in [0.1, 0.15) is 18.9 Å². The highest BCUT2D eigenvalue weighted by atomic mass is 32.2. The summed E-state index contributed by atoms with van der Waals surface area (Å²) in [6, 6.07) is 8.43. The van der Waals surface area contributed by atoms with Crippen molar-refractivity contribution < 1.29 is 9.53 Å². The summed E-state index contributed by atoms with van der Waals surface area (Å²) in [5.41, 5.74) is 1.26. The van der Waals surface area contributed by atoms with Crippen LogP contribution in [0.25, 0.3) is 0 Å². The molecule has 1 unspecified atom stereocenters. The highest BCUT2D eigenvalue weighted by Crippen LogP contribution is 2.18. The van der Waals surface area contributed by atoms with E-state index >= 15 is 0 Å². The lowest BCUT2D eigenvalue weighted by Crippen LogP contribution is -2.35. The number of amides is 1. The first-order valence-electron chi connectivity index (χ1n) is 6.09. The number of rotatable bonds is 7. The summed E-state index contributed by atoms with van der Waals surface area (Å²) >= 11 is 1.71. The van der Waals surface area contributed by atoms with Crippen LogP contribution in [0.2, 0.25) is 0 Å². The minimum atomic E-state index is 0.0758. The van der Waals surface area contributed by atoms with Crippen molar-refractivity contribution in [2.24, 2.45) is 0 Å². The van der Waals surface area contributed by atoms with Gasteiger partial charge in [-0.05, 0) is 26.0 Å². The molecular formula is C14H21NO2S. The number of nitrogens with one attached hydrogen (secondary N) is 1. The van der Waals surface area contributed by atoms with Gasteiger partial charge >= 0.3 is 0 Å². The van der Waals surface area contributed by atoms with Gasteiger partial charge in [0.15, 0.2) is 0 Å². The minimum absolute atomic E-state index is 0.0758. The van der Waals surface area contributed by atoms with Gasteiger partial charge in [-0.3, -0.25) is 4.79 Å². The smallest absolute Gasteiger partial charge is 0.221 e. The Labute approximate surface area is 113 Å². The van der Waals surface area contributed by atoms with Gasteiger partial charge in [-0.15, -0.1) is 11.8 Å². The summed E-state index contributed by atoms with van der Waals surface area (Å²) in [7, 11) is 1.63. The van der Waals surface area contributed by atoms with Gasteiger partial charge in [-0.2, -0.15) is 0 Å². The molecule has 0 aliphatic rings. The highest BCUT2D eigenvalue weighted by Gasteiger charge is 2.06. The molecule has 0 aromatic heterocycles. The molecule has 0 spiro atoms. The normalized spacial score (nSPS) is 12.2. The van der Waals surface area contributed by atoms with Crippen molar-refractivity contribution in [1.82, 2.24) is 5.32 Å². The minimum Gasteiger partial charge on any atom is -0.383 e. The monoisotopic (exact) mass is 267 g/mol. The van der Waals surface area contributed by atoms with Gasteiger partial charge < -0.3 is 10.1 Å². The first-order chi connectivity index (χ1) is 8.61. The van der Waals surface area contributed by atoms with E-state index in [4.69, 9.17) is 4.74 Å². The van der Waals surface area contributed by atoms with Crippen LogP contribution in [-0.4, -0.2) is 31.4 Å². The lowest BCUT2D eigenvalue weighted by atomic mass is 10.2. The third-order valence-electron chi connectivity index (χ3n) is 2.44. The average molecular weight is 267 g/mol. The molecule has 0 radical (unpaired) electrons. The van der Waals surface area contributed by atoms with E-state index in [0.717, 1.165) is 5.75 Å². The van der Waals surface area contributed by atoms with Gasteiger partial charge in [-0.25, -0.2) is 0 Å². The number of hydrogen-bond donors (Lipinski definition) is 1. The van der Waals surface area contributed by atoms with E-state index in [9.17, 15) is 4.79 Å². The van der Waals surface area contributed by atoms with Crippen LogP contribution in [-0.2, 0) is 9.53 Å². The number of ether oxygens (including phenoxy) is 1. The molecule has 1 atom stereocenters. The zero-order valence-electron chi connectivity index (χ0n) is 11.2. The lowest BCUT2D eigenvalue weighted by Gasteiger charge is -2.12. The maximum atomic E-state index is 11.6. The number of hydrogen-bond acceptors (Lipinski definition) is 3. The Balaban J connectivity index is 2.21. The van der Waals surface area contributed by atoms with E-state index in [0.29, 0.717) is 13.0 Å². The predicted octanol–water partition coefficient (Wildman–Crippen LogP) is 2.63. The zero-order valence-corrected chi connectivity index (χ0v) is 12.0. The number of methoxy groups -OCH3 is 1. The molecular weight excluding hydrogens is 246 g/mol. The summed E-state index contributed by atoms with van der Waals surface area (Å²) in [6.45, 7) is 4.56. The fourth-order valence-electron chi connectivity index (χ4n) is 1.53. The van der Waals surface area contributed by atoms with Crippen molar-refractivity contribution in [2.75, 3.05) is 19.5 Å². The molecule has 4 heteroatoms. The van der Waals surface area contributed by atoms with Gasteiger partial charge in [0.2, 0.25) is 5.91 Å². The molecule has 0 heterocycles. The second-order valence-corrected chi connectivity index (χ2v) is 5.50. The maximum absolute atomic E-state index is 11.6. The molecule has 1 aromatic carbocycles. The average Bonchev–Trinajstić information content (AvgIpc) is 2.32. The zero-order chi connectivity index (χ0) is 13.4. The summed E-state index contributed by atoms with van der Waals surface area (Å²) in [5, 5.41) is 2.90. The first kappa shape index (κ1) is 15.1. The molecule has 1 aromatic rings. The quantitative estimate of drug-likeness (QED) is 0.772. The van der Waals surface area contributed by atoms with Gasteiger partial charge in [0.05, 0.1) is 6.61 Å². The lowest BCUT2D eigenvalue weighted by molar-refractivity contribution is -0.121. The van der Waals surface area contributed by atoms with Gasteiger partial charge in [0, 0.05) is 30.2 Å². The molecule has 0 fully saturated rings. The van der Waals surface area contributed by atoms with E-state index in [1.165, 1.54) is 10.5 Å². The van der Waals surface area contributed by atoms with Crippen LogP contribution in [0.4, 0.5) is 0 Å². The summed E-state index contributed by atoms with van der Waals surface area (Å²) in [5.74, 6) is 0.883. The fraction of sp³-hybridized carbons (Fsp3) is 0.500. The second kappa shape index (κ2) is 8.16. The fourth-order valence-corrected chi connectivity index (χ4v) is 2.39. The van der Waals surface area contributed by atoms with Crippen LogP contribution >= 0.6 is 11.8 Å². The van der Waals surface area contributed by atoms with E-state index < -0.39 is 0 Å². The predicted molar refractivity (Wildman–Crippen MR) is 76.0 cm³/mol. The van der Waals surface area contributed by atoms with Crippen LogP contribution in [0.3, 0.4) is 0 Å². The van der Waals surface area contributed by atoms with Crippen molar-refractivity contribution in [3.05, 3.63) is 29.8 Å². The van der Waals surface area contributed by atoms with E-state index in [1.807, 2.05) is 6.92 Å². The maximum Gasteiger partial charge on any atom is 0.221 e. The van der Waals surface area contributed by atoms with Crippen LogP contribution in [0.15, 0.2) is 29.2 Å². The standard InChI is InChI=1S/C14H21NO2S/c1-11-4-6-13(7-5-11)18-9-8-14(16)15-12(2)10-17-3/h4-7,12H,8-10H2,1-3H3,(H,15,16). The van der Waals surface area contributed by atoms with Gasteiger partial charge in [0.25, 0.3) is 0 Å². The molecule has 0 aliphatic carbocycles. The number of thioether (sulfide) groups is 1. The molecule has 3 nitrogen and oxygen atoms in total. The van der Waals surface area contributed by atoms with Crippen LogP contribution < -0.4 is 5.32 Å². The number of carbonyl (C=O) groups excluding carboxylic acids is 1. The Morgan fingerprint density at radius 1 is 1.39 bits per heavy atom. The Kier molecular flexibility index (Phi) is 6.83. The Morgan fingerprint density at radius 2 is 2.06 bits per heavy atom. The van der Waals surface area contributed by atoms with Gasteiger partial charge in [0.1, 0.15) is 0 Å². The highest BCUT2D eigenvalue weighted by molar-refractivity contribution is 7.99. The molecule has 18 heavy (non-hydrogen) atoms. The Bertz CT molecular complexity index is 365. The first-order valence-corrected chi connectivity index (χ1v) is 7.08. The second-order valence-electron chi connectivity index (χ2n) is 4.34. The third kappa shape index (κ3) is 6.07. The number of aryl methyl sites for hydroxylation is 1. The molecule has 1 N–H and O–H groups in total. The van der Waals surface area contributed by atoms with Crippen LogP contribution in [0.5, 0.6) is 0 Å². The molecule has 100 valence electrons. The molecule has 1 amide bonds. The van der Waals surface area contributed by atoms with Crippen molar-refractivity contribution in [1.29, 1.82) is 0 Å². The van der Waals surface area contributed by atoms with E-state index in [-0.39, 0.29) is 11.9 Å². The van der Waals surface area contributed by atoms with Crippen molar-refractivity contribution >= 4 is 17.7 Å². The van der Waals surface area contributed by atoms with Crippen molar-refractivity contribution in [2.45, 2.75) is 31.2 Å². The molecule has 1 rings (SSSR count). The largest absolute Gasteiger partial charge is 0.383 e. The third-order valence-corrected chi connectivity index (χ3v) is 3.46. The van der Waals surface area contributed by atoms with E-state index in [1.54, 1.807) is 18.9 Å². The Morgan fingerprint density at radius 3 is 2.67 bits per heavy atom. The van der Waals surface area contributed by atoms with Gasteiger partial charge in [-0.1, -0.05) is 17.7 Å². The topological polar surface area (TPSA) is 38.3 Å². The molecule has 0 aliphatic heterocycles. The summed E-state index contributed by atoms with van der Waals surface area (Å²) in [6.07, 6.45) is 0.534. The molecule has 0 saturated carbocycles.